The number of hydrogen-bond donors (Lipinski definition) is 0. The van der Waals surface area contributed by atoms with Gasteiger partial charge in [-0.25, -0.2) is 0 Å². The van der Waals surface area contributed by atoms with E-state index >= 15 is 0 Å². The normalized spacial score (nSPS) is 14.5. The molecule has 0 bridgehead atoms. The second-order valence-electron chi connectivity index (χ2n) is 8.13. The second kappa shape index (κ2) is 9.24. The molecule has 0 unspecified atom stereocenters. The van der Waals surface area contributed by atoms with Gasteiger partial charge in [0.15, 0.2) is 0 Å². The molecule has 7 heteroatoms. The SMILES string of the molecule is CCN1C(=CC=c2sc(=Cc3sc4ccccc4[n+]3C)n(CC)c2=O)N(CC)c2ccccc21. The van der Waals surface area contributed by atoms with Crippen LogP contribution in [0, 0.1) is 0 Å². The van der Waals surface area contributed by atoms with Crippen LogP contribution >= 0.6 is 22.7 Å². The molecule has 0 saturated carbocycles. The summed E-state index contributed by atoms with van der Waals surface area (Å²) in [5.41, 5.74) is 3.71. The van der Waals surface area contributed by atoms with Crippen molar-refractivity contribution in [2.75, 3.05) is 22.9 Å². The lowest BCUT2D eigenvalue weighted by Crippen LogP contribution is -2.33. The summed E-state index contributed by atoms with van der Waals surface area (Å²) < 4.78 is 7.05. The highest BCUT2D eigenvalue weighted by molar-refractivity contribution is 7.19. The molecule has 5 nitrogen and oxygen atoms in total. The molecule has 2 aromatic carbocycles. The van der Waals surface area contributed by atoms with Crippen LogP contribution in [0.15, 0.2) is 65.2 Å². The summed E-state index contributed by atoms with van der Waals surface area (Å²) >= 11 is 3.31. The molecule has 4 aromatic rings. The maximum absolute atomic E-state index is 13.3. The summed E-state index contributed by atoms with van der Waals surface area (Å²) in [5, 5.41) is 1.13. The minimum atomic E-state index is 0.0703. The Morgan fingerprint density at radius 3 is 2.12 bits per heavy atom. The van der Waals surface area contributed by atoms with E-state index < -0.39 is 0 Å². The minimum absolute atomic E-state index is 0.0703. The van der Waals surface area contributed by atoms with Gasteiger partial charge in [-0.15, -0.1) is 11.3 Å². The average Bonchev–Trinajstić information content (AvgIpc) is 3.46. The van der Waals surface area contributed by atoms with Crippen molar-refractivity contribution >= 4 is 56.4 Å². The lowest BCUT2D eigenvalue weighted by Gasteiger charge is -2.23. The Kier molecular flexibility index (Phi) is 6.15. The molecule has 0 atom stereocenters. The van der Waals surface area contributed by atoms with Crippen LogP contribution in [-0.4, -0.2) is 17.7 Å². The van der Waals surface area contributed by atoms with E-state index in [1.165, 1.54) is 21.6 Å². The van der Waals surface area contributed by atoms with Crippen molar-refractivity contribution in [3.05, 3.63) is 85.0 Å². The van der Waals surface area contributed by atoms with E-state index in [1.54, 1.807) is 22.7 Å². The number of thiazole rings is 2. The van der Waals surface area contributed by atoms with E-state index in [9.17, 15) is 4.79 Å². The van der Waals surface area contributed by atoms with Gasteiger partial charge in [0.25, 0.3) is 10.6 Å². The Bertz CT molecular complexity index is 1540. The third-order valence-corrected chi connectivity index (χ3v) is 8.55. The van der Waals surface area contributed by atoms with E-state index in [2.05, 4.69) is 95.9 Å². The fourth-order valence-corrected chi connectivity index (χ4v) is 6.83. The number of aryl methyl sites for hydroxylation is 1. The van der Waals surface area contributed by atoms with Crippen molar-refractivity contribution in [1.82, 2.24) is 4.57 Å². The first kappa shape index (κ1) is 22.6. The predicted octanol–water partition coefficient (Wildman–Crippen LogP) is 3.79. The highest BCUT2D eigenvalue weighted by atomic mass is 32.1. The Hall–Kier alpha value is -3.16. The zero-order valence-corrected chi connectivity index (χ0v) is 21.6. The predicted molar refractivity (Wildman–Crippen MR) is 145 cm³/mol. The van der Waals surface area contributed by atoms with Gasteiger partial charge in [-0.05, 0) is 51.1 Å². The number of rotatable bonds is 5. The molecule has 0 aliphatic carbocycles. The molecular formula is C27H29N4OS2+. The van der Waals surface area contributed by atoms with Crippen LogP contribution in [0.1, 0.15) is 25.8 Å². The van der Waals surface area contributed by atoms with Gasteiger partial charge in [0.1, 0.15) is 22.2 Å². The number of fused-ring (bicyclic) bond motifs is 2. The van der Waals surface area contributed by atoms with Crippen molar-refractivity contribution in [2.24, 2.45) is 7.05 Å². The summed E-state index contributed by atoms with van der Waals surface area (Å²) in [6, 6.07) is 16.9. The maximum atomic E-state index is 13.3. The van der Waals surface area contributed by atoms with Crippen LogP contribution in [0.4, 0.5) is 11.4 Å². The quantitative estimate of drug-likeness (QED) is 0.400. The fraction of sp³-hybridized carbons (Fsp3) is 0.259. The standard InChI is InChI=1S/C27H29N4OS2/c1-5-29-19-12-8-9-13-20(19)30(6-2)24(29)17-16-23-27(32)31(7-3)26(34-23)18-25-28(4)21-14-10-11-15-22(21)33-25/h8-18H,5-7H2,1-4H3/q+1. The minimum Gasteiger partial charge on any atom is -0.326 e. The molecule has 0 N–H and O–H groups in total. The Morgan fingerprint density at radius 1 is 0.853 bits per heavy atom. The lowest BCUT2D eigenvalue weighted by atomic mass is 10.2. The zero-order valence-electron chi connectivity index (χ0n) is 20.0. The number of para-hydroxylation sites is 3. The van der Waals surface area contributed by atoms with E-state index in [1.807, 2.05) is 17.6 Å². The molecule has 3 heterocycles. The Morgan fingerprint density at radius 2 is 1.50 bits per heavy atom. The molecular weight excluding hydrogens is 460 g/mol. The second-order valence-corrected chi connectivity index (χ2v) is 10.3. The number of hydrogen-bond acceptors (Lipinski definition) is 5. The van der Waals surface area contributed by atoms with Crippen LogP contribution < -0.4 is 29.1 Å². The Balaban J connectivity index is 1.63. The van der Waals surface area contributed by atoms with E-state index in [-0.39, 0.29) is 5.56 Å². The zero-order chi connectivity index (χ0) is 23.8. The number of allylic oxidation sites excluding steroid dienone is 1. The van der Waals surface area contributed by atoms with Crippen LogP contribution in [-0.2, 0) is 13.6 Å². The molecule has 1 aliphatic heterocycles. The molecule has 0 spiro atoms. The van der Waals surface area contributed by atoms with Gasteiger partial charge >= 0.3 is 0 Å². The van der Waals surface area contributed by atoms with Crippen LogP contribution in [0.5, 0.6) is 0 Å². The first-order chi connectivity index (χ1) is 16.6. The van der Waals surface area contributed by atoms with Crippen LogP contribution in [0.3, 0.4) is 0 Å². The maximum Gasteiger partial charge on any atom is 0.269 e. The van der Waals surface area contributed by atoms with Crippen LogP contribution in [0.25, 0.3) is 22.4 Å². The lowest BCUT2D eigenvalue weighted by molar-refractivity contribution is -0.642. The largest absolute Gasteiger partial charge is 0.326 e. The molecule has 0 radical (unpaired) electrons. The monoisotopic (exact) mass is 489 g/mol. The number of nitrogens with zero attached hydrogens (tertiary/aromatic N) is 4. The van der Waals surface area contributed by atoms with Gasteiger partial charge in [-0.1, -0.05) is 35.6 Å². The first-order valence-corrected chi connectivity index (χ1v) is 13.4. The van der Waals surface area contributed by atoms with Crippen molar-refractivity contribution in [3.8, 4) is 0 Å². The van der Waals surface area contributed by atoms with Gasteiger partial charge < -0.3 is 9.80 Å². The summed E-state index contributed by atoms with van der Waals surface area (Å²) in [5.74, 6) is 1.11. The van der Waals surface area contributed by atoms with Crippen LogP contribution in [0.2, 0.25) is 0 Å². The topological polar surface area (TPSA) is 32.4 Å². The third kappa shape index (κ3) is 3.69. The van der Waals surface area contributed by atoms with Gasteiger partial charge in [0.05, 0.1) is 22.0 Å². The highest BCUT2D eigenvalue weighted by Gasteiger charge is 2.28. The molecule has 0 saturated heterocycles. The average molecular weight is 490 g/mol. The molecule has 0 fully saturated rings. The molecule has 1 aliphatic rings. The van der Waals surface area contributed by atoms with Crippen molar-refractivity contribution in [3.63, 3.8) is 0 Å². The van der Waals surface area contributed by atoms with E-state index in [0.29, 0.717) is 6.54 Å². The van der Waals surface area contributed by atoms with Gasteiger partial charge in [0.2, 0.25) is 5.52 Å². The Labute approximate surface area is 207 Å². The summed E-state index contributed by atoms with van der Waals surface area (Å²) in [6.45, 7) is 8.75. The van der Waals surface area contributed by atoms with Gasteiger partial charge in [-0.2, -0.15) is 4.57 Å². The smallest absolute Gasteiger partial charge is 0.269 e. The number of aromatic nitrogens is 2. The molecule has 0 amide bonds. The molecule has 34 heavy (non-hydrogen) atoms. The van der Waals surface area contributed by atoms with E-state index in [0.717, 1.165) is 33.1 Å². The van der Waals surface area contributed by atoms with Crippen molar-refractivity contribution in [2.45, 2.75) is 27.3 Å². The fourth-order valence-electron chi connectivity index (χ4n) is 4.62. The molecule has 5 rings (SSSR count). The number of benzene rings is 2. The van der Waals surface area contributed by atoms with Gasteiger partial charge in [-0.3, -0.25) is 9.36 Å². The molecule has 2 aromatic heterocycles. The molecule has 174 valence electrons. The number of anilines is 2. The summed E-state index contributed by atoms with van der Waals surface area (Å²) in [4.78, 5) is 17.9. The van der Waals surface area contributed by atoms with Crippen molar-refractivity contribution in [1.29, 1.82) is 0 Å². The highest BCUT2D eigenvalue weighted by Crippen LogP contribution is 2.40. The van der Waals surface area contributed by atoms with Crippen molar-refractivity contribution < 1.29 is 4.57 Å². The summed E-state index contributed by atoms with van der Waals surface area (Å²) in [6.07, 6.45) is 6.24. The first-order valence-electron chi connectivity index (χ1n) is 11.7. The van der Waals surface area contributed by atoms with Gasteiger partial charge in [0, 0.05) is 25.7 Å². The third-order valence-electron chi connectivity index (χ3n) is 6.30. The summed E-state index contributed by atoms with van der Waals surface area (Å²) in [7, 11) is 2.08. The van der Waals surface area contributed by atoms with E-state index in [4.69, 9.17) is 0 Å².